The number of ether oxygens (including phenoxy) is 2. The van der Waals surface area contributed by atoms with E-state index < -0.39 is 0 Å². The number of hydrogen-bond acceptors (Lipinski definition) is 4. The molecule has 2 aromatic carbocycles. The molecule has 5 heteroatoms. The molecule has 0 aromatic heterocycles. The van der Waals surface area contributed by atoms with Crippen molar-refractivity contribution in [2.24, 2.45) is 0 Å². The minimum atomic E-state index is -0.132. The van der Waals surface area contributed by atoms with Gasteiger partial charge in [0.15, 0.2) is 11.5 Å². The van der Waals surface area contributed by atoms with Crippen LogP contribution in [0.2, 0.25) is 0 Å². The summed E-state index contributed by atoms with van der Waals surface area (Å²) < 4.78 is 11.8. The van der Waals surface area contributed by atoms with Crippen LogP contribution in [0.3, 0.4) is 0 Å². The highest BCUT2D eigenvalue weighted by Gasteiger charge is 2.10. The Labute approximate surface area is 125 Å². The maximum atomic E-state index is 9.35. The second-order valence-corrected chi connectivity index (χ2v) is 4.91. The Morgan fingerprint density at radius 3 is 2.55 bits per heavy atom. The fourth-order valence-corrected chi connectivity index (χ4v) is 2.12. The molecule has 0 bridgehead atoms. The number of aliphatic hydroxyl groups is 1. The average Bonchev–Trinajstić information content (AvgIpc) is 2.49. The average molecular weight is 334 g/mol. The second-order valence-electron chi connectivity index (χ2n) is 3.99. The molecule has 0 heterocycles. The zero-order chi connectivity index (χ0) is 14.5. The van der Waals surface area contributed by atoms with Gasteiger partial charge in [-0.3, -0.25) is 0 Å². The molecule has 0 fully saturated rings. The summed E-state index contributed by atoms with van der Waals surface area (Å²) in [6.07, 6.45) is 0. The zero-order valence-electron chi connectivity index (χ0n) is 10.8. The smallest absolute Gasteiger partial charge is 0.169 e. The molecule has 0 aliphatic carbocycles. The summed E-state index contributed by atoms with van der Waals surface area (Å²) in [6, 6.07) is 12.3. The second kappa shape index (κ2) is 6.42. The molecule has 4 nitrogen and oxygen atoms in total. The van der Waals surface area contributed by atoms with Crippen molar-refractivity contribution in [1.29, 1.82) is 5.26 Å². The third kappa shape index (κ3) is 3.10. The van der Waals surface area contributed by atoms with Crippen LogP contribution in [-0.2, 0) is 6.61 Å². The van der Waals surface area contributed by atoms with Crippen LogP contribution in [0.4, 0.5) is 0 Å². The van der Waals surface area contributed by atoms with Crippen molar-refractivity contribution in [2.45, 2.75) is 6.61 Å². The van der Waals surface area contributed by atoms with Crippen LogP contribution in [0.25, 0.3) is 0 Å². The number of hydrogen-bond donors (Lipinski definition) is 1. The lowest BCUT2D eigenvalue weighted by atomic mass is 10.2. The van der Waals surface area contributed by atoms with E-state index in [0.29, 0.717) is 28.4 Å². The van der Waals surface area contributed by atoms with Crippen molar-refractivity contribution < 1.29 is 14.6 Å². The Kier molecular flexibility index (Phi) is 4.61. The lowest BCUT2D eigenvalue weighted by Crippen LogP contribution is -1.95. The summed E-state index contributed by atoms with van der Waals surface area (Å²) in [5.41, 5.74) is 1.15. The van der Waals surface area contributed by atoms with Crippen LogP contribution in [0.15, 0.2) is 40.9 Å². The third-order valence-electron chi connectivity index (χ3n) is 2.71. The van der Waals surface area contributed by atoms with E-state index >= 15 is 0 Å². The van der Waals surface area contributed by atoms with Gasteiger partial charge in [0.2, 0.25) is 0 Å². The molecule has 2 rings (SSSR count). The largest absolute Gasteiger partial charge is 0.493 e. The minimum Gasteiger partial charge on any atom is -0.493 e. The van der Waals surface area contributed by atoms with Crippen LogP contribution in [0, 0.1) is 11.3 Å². The molecule has 0 unspecified atom stereocenters. The van der Waals surface area contributed by atoms with Crippen LogP contribution < -0.4 is 9.47 Å². The summed E-state index contributed by atoms with van der Waals surface area (Å²) in [7, 11) is 1.51. The van der Waals surface area contributed by atoms with E-state index in [0.717, 1.165) is 4.47 Å². The predicted molar refractivity (Wildman–Crippen MR) is 77.8 cm³/mol. The van der Waals surface area contributed by atoms with E-state index in [1.54, 1.807) is 30.3 Å². The van der Waals surface area contributed by atoms with Gasteiger partial charge in [-0.2, -0.15) is 5.26 Å². The first-order chi connectivity index (χ1) is 9.67. The van der Waals surface area contributed by atoms with Gasteiger partial charge in [0, 0.05) is 16.1 Å². The molecule has 0 aliphatic heterocycles. The van der Waals surface area contributed by atoms with Gasteiger partial charge in [0.1, 0.15) is 5.75 Å². The maximum Gasteiger partial charge on any atom is 0.169 e. The number of benzene rings is 2. The maximum absolute atomic E-state index is 9.35. The zero-order valence-corrected chi connectivity index (χ0v) is 12.3. The Hall–Kier alpha value is -2.03. The molecule has 2 aromatic rings. The summed E-state index contributed by atoms with van der Waals surface area (Å²) in [6.45, 7) is -0.132. The first-order valence-corrected chi connectivity index (χ1v) is 6.62. The Morgan fingerprint density at radius 2 is 1.90 bits per heavy atom. The number of halogens is 1. The van der Waals surface area contributed by atoms with Gasteiger partial charge >= 0.3 is 0 Å². The van der Waals surface area contributed by atoms with E-state index in [-0.39, 0.29) is 6.61 Å². The molecule has 102 valence electrons. The van der Waals surface area contributed by atoms with Gasteiger partial charge in [-0.15, -0.1) is 0 Å². The molecule has 1 N–H and O–H groups in total. The van der Waals surface area contributed by atoms with E-state index in [4.69, 9.17) is 14.7 Å². The number of rotatable bonds is 4. The standard InChI is InChI=1S/C15H12BrNO3/c1-19-15-6-10(8-17)2-4-14(15)20-13-5-3-12(16)7-11(13)9-18/h2-7,18H,9H2,1H3. The van der Waals surface area contributed by atoms with Crippen LogP contribution in [-0.4, -0.2) is 12.2 Å². The summed E-state index contributed by atoms with van der Waals surface area (Å²) in [4.78, 5) is 0. The Balaban J connectivity index is 2.37. The quantitative estimate of drug-likeness (QED) is 0.928. The summed E-state index contributed by atoms with van der Waals surface area (Å²) >= 11 is 3.34. The van der Waals surface area contributed by atoms with Crippen molar-refractivity contribution in [3.63, 3.8) is 0 Å². The van der Waals surface area contributed by atoms with Gasteiger partial charge in [0.25, 0.3) is 0 Å². The first kappa shape index (κ1) is 14.4. The molecule has 20 heavy (non-hydrogen) atoms. The van der Waals surface area contributed by atoms with Gasteiger partial charge in [0.05, 0.1) is 25.3 Å². The van der Waals surface area contributed by atoms with Crippen LogP contribution >= 0.6 is 15.9 Å². The molecule has 0 radical (unpaired) electrons. The number of nitrogens with zero attached hydrogens (tertiary/aromatic N) is 1. The van der Waals surface area contributed by atoms with Crippen molar-refractivity contribution in [3.05, 3.63) is 52.0 Å². The lowest BCUT2D eigenvalue weighted by molar-refractivity contribution is 0.275. The fraction of sp³-hybridized carbons (Fsp3) is 0.133. The van der Waals surface area contributed by atoms with E-state index in [1.165, 1.54) is 7.11 Å². The van der Waals surface area contributed by atoms with Crippen LogP contribution in [0.5, 0.6) is 17.2 Å². The van der Waals surface area contributed by atoms with Gasteiger partial charge in [-0.05, 0) is 30.3 Å². The van der Waals surface area contributed by atoms with E-state index in [9.17, 15) is 5.11 Å². The summed E-state index contributed by atoms with van der Waals surface area (Å²) in [5, 5.41) is 18.2. The van der Waals surface area contributed by atoms with E-state index in [1.807, 2.05) is 12.1 Å². The molecular formula is C15H12BrNO3. The topological polar surface area (TPSA) is 62.5 Å². The number of nitriles is 1. The highest BCUT2D eigenvalue weighted by molar-refractivity contribution is 9.10. The van der Waals surface area contributed by atoms with Crippen molar-refractivity contribution in [1.82, 2.24) is 0 Å². The van der Waals surface area contributed by atoms with Crippen molar-refractivity contribution in [2.75, 3.05) is 7.11 Å². The molecule has 0 aliphatic rings. The SMILES string of the molecule is COc1cc(C#N)ccc1Oc1ccc(Br)cc1CO. The molecular weight excluding hydrogens is 322 g/mol. The Morgan fingerprint density at radius 1 is 1.15 bits per heavy atom. The third-order valence-corrected chi connectivity index (χ3v) is 3.20. The van der Waals surface area contributed by atoms with Gasteiger partial charge < -0.3 is 14.6 Å². The summed E-state index contributed by atoms with van der Waals surface area (Å²) in [5.74, 6) is 1.50. The molecule has 0 atom stereocenters. The van der Waals surface area contributed by atoms with Gasteiger partial charge in [-0.1, -0.05) is 15.9 Å². The van der Waals surface area contributed by atoms with Gasteiger partial charge in [-0.25, -0.2) is 0 Å². The van der Waals surface area contributed by atoms with Crippen molar-refractivity contribution >= 4 is 15.9 Å². The number of aliphatic hydroxyl groups excluding tert-OH is 1. The molecule has 0 amide bonds. The Bertz CT molecular complexity index is 665. The minimum absolute atomic E-state index is 0.132. The first-order valence-electron chi connectivity index (χ1n) is 5.83. The number of methoxy groups -OCH3 is 1. The lowest BCUT2D eigenvalue weighted by Gasteiger charge is -2.13. The van der Waals surface area contributed by atoms with E-state index in [2.05, 4.69) is 15.9 Å². The molecule has 0 saturated heterocycles. The molecule has 0 saturated carbocycles. The van der Waals surface area contributed by atoms with Crippen molar-refractivity contribution in [3.8, 4) is 23.3 Å². The van der Waals surface area contributed by atoms with Crippen LogP contribution in [0.1, 0.15) is 11.1 Å². The normalized spacial score (nSPS) is 9.90. The monoisotopic (exact) mass is 333 g/mol. The highest BCUT2D eigenvalue weighted by Crippen LogP contribution is 2.34. The predicted octanol–water partition coefficient (Wildman–Crippen LogP) is 3.61. The highest BCUT2D eigenvalue weighted by atomic mass is 79.9. The fourth-order valence-electron chi connectivity index (χ4n) is 1.71. The molecule has 0 spiro atoms.